The van der Waals surface area contributed by atoms with Crippen molar-refractivity contribution in [2.24, 2.45) is 0 Å². The molecule has 0 fully saturated rings. The third-order valence-corrected chi connectivity index (χ3v) is 20.6. The van der Waals surface area contributed by atoms with E-state index in [9.17, 15) is 0 Å². The van der Waals surface area contributed by atoms with Crippen LogP contribution in [0.1, 0.15) is 0 Å². The van der Waals surface area contributed by atoms with E-state index in [0.29, 0.717) is 0 Å². The van der Waals surface area contributed by atoms with Crippen LogP contribution in [0.15, 0.2) is 218 Å². The van der Waals surface area contributed by atoms with Crippen molar-refractivity contribution in [3.05, 3.63) is 218 Å². The van der Waals surface area contributed by atoms with Crippen LogP contribution in [0.4, 0.5) is 0 Å². The van der Waals surface area contributed by atoms with Crippen molar-refractivity contribution in [3.63, 3.8) is 0 Å². The molecule has 0 saturated heterocycles. The van der Waals surface area contributed by atoms with Gasteiger partial charge in [-0.15, -0.1) is 0 Å². The Morgan fingerprint density at radius 1 is 0.236 bits per heavy atom. The highest BCUT2D eigenvalue weighted by Crippen LogP contribution is 2.21. The summed E-state index contributed by atoms with van der Waals surface area (Å²) in [4.78, 5) is 0. The summed E-state index contributed by atoms with van der Waals surface area (Å²) in [5, 5.41) is 22.7. The second-order valence-corrected chi connectivity index (χ2v) is 22.2. The van der Waals surface area contributed by atoms with Crippen LogP contribution >= 0.6 is 0 Å². The van der Waals surface area contributed by atoms with Crippen molar-refractivity contribution in [1.82, 2.24) is 0 Å². The van der Waals surface area contributed by atoms with Crippen LogP contribution in [0.2, 0.25) is 0 Å². The number of hydrogen-bond donors (Lipinski definition) is 0. The molecule has 260 valence electrons. The van der Waals surface area contributed by atoms with Gasteiger partial charge in [-0.05, 0) is 63.8 Å². The molecular formula is C52H40Si3. The average molecular weight is 749 g/mol. The highest BCUT2D eigenvalue weighted by Gasteiger charge is 2.43. The van der Waals surface area contributed by atoms with Crippen molar-refractivity contribution in [1.29, 1.82) is 0 Å². The summed E-state index contributed by atoms with van der Waals surface area (Å²) in [6.07, 6.45) is 0. The Morgan fingerprint density at radius 3 is 1.00 bits per heavy atom. The molecule has 10 aromatic rings. The zero-order chi connectivity index (χ0) is 36.6. The molecule has 0 atom stereocenters. The first-order chi connectivity index (χ1) is 27.3. The monoisotopic (exact) mass is 748 g/mol. The molecule has 0 bridgehead atoms. The molecule has 55 heavy (non-hydrogen) atoms. The van der Waals surface area contributed by atoms with Gasteiger partial charge in [-0.2, -0.15) is 0 Å². The molecule has 0 saturated carbocycles. The van der Waals surface area contributed by atoms with Gasteiger partial charge >= 0.3 is 0 Å². The van der Waals surface area contributed by atoms with E-state index in [2.05, 4.69) is 218 Å². The Hall–Kier alpha value is -6.11. The zero-order valence-corrected chi connectivity index (χ0v) is 34.5. The van der Waals surface area contributed by atoms with Crippen LogP contribution in [-0.2, 0) is 0 Å². The first-order valence-corrected chi connectivity index (χ1v) is 24.2. The van der Waals surface area contributed by atoms with Crippen LogP contribution in [0.5, 0.6) is 0 Å². The predicted octanol–water partition coefficient (Wildman–Crippen LogP) is 5.92. The van der Waals surface area contributed by atoms with Gasteiger partial charge in [0, 0.05) is 0 Å². The van der Waals surface area contributed by atoms with Crippen molar-refractivity contribution in [2.45, 2.75) is 0 Å². The van der Waals surface area contributed by atoms with Gasteiger partial charge in [0.15, 0.2) is 8.07 Å². The predicted molar refractivity (Wildman–Crippen MR) is 249 cm³/mol. The molecule has 3 heteroatoms. The fourth-order valence-electron chi connectivity index (χ4n) is 9.30. The van der Waals surface area contributed by atoms with E-state index in [4.69, 9.17) is 0 Å². The summed E-state index contributed by atoms with van der Waals surface area (Å²) >= 11 is 0. The second-order valence-electron chi connectivity index (χ2n) is 14.7. The Kier molecular flexibility index (Phi) is 8.68. The van der Waals surface area contributed by atoms with Crippen LogP contribution < -0.4 is 41.5 Å². The Bertz CT molecular complexity index is 2770. The second kappa shape index (κ2) is 14.3. The summed E-state index contributed by atoms with van der Waals surface area (Å²) in [6, 6.07) is 83.0. The van der Waals surface area contributed by atoms with Gasteiger partial charge in [0.25, 0.3) is 0 Å². The first kappa shape index (κ1) is 33.5. The van der Waals surface area contributed by atoms with Gasteiger partial charge in [0.05, 0.1) is 19.0 Å². The molecule has 0 aliphatic carbocycles. The molecule has 10 aromatic carbocycles. The summed E-state index contributed by atoms with van der Waals surface area (Å²) in [7, 11) is -4.49. The van der Waals surface area contributed by atoms with Crippen molar-refractivity contribution < 1.29 is 0 Å². The van der Waals surface area contributed by atoms with Gasteiger partial charge < -0.3 is 0 Å². The molecule has 0 aromatic heterocycles. The van der Waals surface area contributed by atoms with E-state index in [1.54, 1.807) is 0 Å². The lowest BCUT2D eigenvalue weighted by Crippen LogP contribution is -2.75. The van der Waals surface area contributed by atoms with Crippen molar-refractivity contribution >= 4 is 112 Å². The molecule has 0 aliphatic rings. The van der Waals surface area contributed by atoms with E-state index in [0.717, 1.165) is 0 Å². The summed E-state index contributed by atoms with van der Waals surface area (Å²) in [5.74, 6) is 0. The van der Waals surface area contributed by atoms with Crippen LogP contribution in [-0.4, -0.2) is 27.1 Å². The van der Waals surface area contributed by atoms with E-state index < -0.39 is 27.1 Å². The Balaban J connectivity index is 1.24. The van der Waals surface area contributed by atoms with E-state index in [1.807, 2.05) is 0 Å². The molecule has 10 rings (SSSR count). The number of fused-ring (bicyclic) bond motifs is 4. The topological polar surface area (TPSA) is 0 Å². The maximum absolute atomic E-state index is 2.92. The maximum Gasteiger partial charge on any atom is 0.180 e. The molecule has 0 nitrogen and oxygen atoms in total. The number of rotatable bonds is 8. The van der Waals surface area contributed by atoms with E-state index in [-0.39, 0.29) is 0 Å². The lowest BCUT2D eigenvalue weighted by molar-refractivity contribution is 1.69. The molecule has 0 amide bonds. The minimum Gasteiger partial charge on any atom is -0.0627 e. The van der Waals surface area contributed by atoms with E-state index in [1.165, 1.54) is 84.6 Å². The molecule has 0 unspecified atom stereocenters. The van der Waals surface area contributed by atoms with Gasteiger partial charge in [0.1, 0.15) is 0 Å². The largest absolute Gasteiger partial charge is 0.180 e. The molecule has 0 N–H and O–H groups in total. The van der Waals surface area contributed by atoms with Gasteiger partial charge in [-0.25, -0.2) is 0 Å². The van der Waals surface area contributed by atoms with Gasteiger partial charge in [-0.1, -0.05) is 239 Å². The standard InChI is InChI=1S/C52H40Si3/c1-3-21-39(22-4-1)55(40-23-5-2-6-24-40,51-35-33-49(43-27-11-13-29-45(43)51)53-47-31-15-19-37-17-7-9-25-41(37)47)52-36-34-50(44-28-12-14-30-46(44)52)54-48-32-16-20-38-18-8-10-26-42(38)48/h1-36H,53-54H2. The molecule has 0 spiro atoms. The minimum atomic E-state index is -2.92. The Labute approximate surface area is 328 Å². The maximum atomic E-state index is 2.54. The van der Waals surface area contributed by atoms with Crippen LogP contribution in [0, 0.1) is 0 Å². The minimum absolute atomic E-state index is 0.789. The summed E-state index contributed by atoms with van der Waals surface area (Å²) < 4.78 is 0. The first-order valence-electron chi connectivity index (χ1n) is 19.4. The fourth-order valence-corrected chi connectivity index (χ4v) is 18.3. The number of benzene rings is 10. The van der Waals surface area contributed by atoms with Gasteiger partial charge in [0.2, 0.25) is 0 Å². The highest BCUT2D eigenvalue weighted by molar-refractivity contribution is 7.21. The van der Waals surface area contributed by atoms with E-state index >= 15 is 0 Å². The number of hydrogen-bond acceptors (Lipinski definition) is 0. The highest BCUT2D eigenvalue weighted by atomic mass is 28.3. The quantitative estimate of drug-likeness (QED) is 0.134. The van der Waals surface area contributed by atoms with Crippen molar-refractivity contribution in [2.75, 3.05) is 0 Å². The molecular weight excluding hydrogens is 709 g/mol. The van der Waals surface area contributed by atoms with Gasteiger partial charge in [-0.3, -0.25) is 0 Å². The zero-order valence-electron chi connectivity index (χ0n) is 30.7. The lowest BCUT2D eigenvalue weighted by atomic mass is 10.1. The fraction of sp³-hybridized carbons (Fsp3) is 0. The lowest BCUT2D eigenvalue weighted by Gasteiger charge is -2.36. The van der Waals surface area contributed by atoms with Crippen molar-refractivity contribution in [3.8, 4) is 0 Å². The smallest absolute Gasteiger partial charge is 0.0627 e. The normalized spacial score (nSPS) is 12.2. The molecule has 0 heterocycles. The third kappa shape index (κ3) is 5.80. The third-order valence-electron chi connectivity index (χ3n) is 11.8. The summed E-state index contributed by atoms with van der Waals surface area (Å²) in [5.41, 5.74) is 0. The van der Waals surface area contributed by atoms with Crippen LogP contribution in [0.3, 0.4) is 0 Å². The van der Waals surface area contributed by atoms with Crippen LogP contribution in [0.25, 0.3) is 43.1 Å². The SMILES string of the molecule is c1ccc([Si](c2ccccc2)(c2ccc([SiH2]c3cccc4ccccc34)c3ccccc23)c2ccc([SiH2]c3cccc4ccccc34)c3ccccc23)cc1. The Morgan fingerprint density at radius 2 is 0.564 bits per heavy atom. The molecule has 0 radical (unpaired) electrons. The summed E-state index contributed by atoms with van der Waals surface area (Å²) in [6.45, 7) is 0. The molecule has 0 aliphatic heterocycles. The average Bonchev–Trinajstić information content (AvgIpc) is 3.26.